The molecule has 2 unspecified atom stereocenters. The van der Waals surface area contributed by atoms with E-state index in [1.807, 2.05) is 31.5 Å². The molecule has 0 bridgehead atoms. The fourth-order valence-corrected chi connectivity index (χ4v) is 3.14. The number of halogens is 1. The molecule has 0 spiro atoms. The van der Waals surface area contributed by atoms with Crippen molar-refractivity contribution in [1.82, 2.24) is 9.97 Å². The van der Waals surface area contributed by atoms with Crippen molar-refractivity contribution in [2.75, 3.05) is 0 Å². The smallest absolute Gasteiger partial charge is 0.325 e. The molecule has 2 aromatic rings. The van der Waals surface area contributed by atoms with Crippen LogP contribution in [0.4, 0.5) is 0 Å². The molecule has 1 aromatic heterocycles. The minimum Gasteiger partial charge on any atom is -0.426 e. The average Bonchev–Trinajstić information content (AvgIpc) is 2.71. The van der Waals surface area contributed by atoms with Crippen LogP contribution in [0.5, 0.6) is 5.75 Å². The Hall–Kier alpha value is -1.75. The summed E-state index contributed by atoms with van der Waals surface area (Å²) in [5.74, 6) is 1.18. The number of esters is 1. The van der Waals surface area contributed by atoms with Crippen LogP contribution in [0.1, 0.15) is 58.4 Å². The van der Waals surface area contributed by atoms with E-state index >= 15 is 0 Å². The lowest BCUT2D eigenvalue weighted by atomic mass is 10.1. The number of nitrogens with zero attached hydrogens (tertiary/aromatic N) is 2. The summed E-state index contributed by atoms with van der Waals surface area (Å²) >= 11 is 3.42. The topological polar surface area (TPSA) is 52.1 Å². The Labute approximate surface area is 170 Å². The number of hydrogen-bond donors (Lipinski definition) is 0. The normalized spacial score (nSPS) is 13.2. The number of benzene rings is 1. The van der Waals surface area contributed by atoms with E-state index in [2.05, 4.69) is 39.7 Å². The number of aryl methyl sites for hydroxylation is 1. The molecule has 0 radical (unpaired) electrons. The molecular formula is C22H29BrN2O2. The fourth-order valence-electron chi connectivity index (χ4n) is 2.67. The van der Waals surface area contributed by atoms with Crippen LogP contribution in [0, 0.1) is 5.92 Å². The summed E-state index contributed by atoms with van der Waals surface area (Å²) in [6, 6.07) is 7.33. The Morgan fingerprint density at radius 3 is 2.33 bits per heavy atom. The van der Waals surface area contributed by atoms with E-state index in [1.165, 1.54) is 31.2 Å². The molecule has 0 N–H and O–H groups in total. The number of carbonyl (C=O) groups is 1. The maximum atomic E-state index is 12.1. The highest BCUT2D eigenvalue weighted by Gasteiger charge is 2.22. The predicted octanol–water partition coefficient (Wildman–Crippen LogP) is 5.98. The van der Waals surface area contributed by atoms with Crippen molar-refractivity contribution in [3.05, 3.63) is 42.2 Å². The molecule has 2 rings (SSSR count). The third-order valence-corrected chi connectivity index (χ3v) is 6.00. The number of unbranched alkanes of at least 4 members (excludes halogenated alkanes) is 3. The van der Waals surface area contributed by atoms with Gasteiger partial charge >= 0.3 is 5.97 Å². The first kappa shape index (κ1) is 21.5. The van der Waals surface area contributed by atoms with Crippen molar-refractivity contribution in [1.29, 1.82) is 0 Å². The third-order valence-electron chi connectivity index (χ3n) is 4.72. The number of carbonyl (C=O) groups excluding carboxylic acids is 1. The SMILES string of the molecule is CCCCCCc1cnc(-c2ccc(OC(=O)C(Br)C(C)CC)cc2)nc1. The molecule has 1 aromatic carbocycles. The molecule has 0 aliphatic rings. The van der Waals surface area contributed by atoms with Crippen LogP contribution < -0.4 is 4.74 Å². The van der Waals surface area contributed by atoms with Crippen LogP contribution in [0.25, 0.3) is 11.4 Å². The van der Waals surface area contributed by atoms with Crippen molar-refractivity contribution in [2.45, 2.75) is 64.1 Å². The lowest BCUT2D eigenvalue weighted by molar-refractivity contribution is -0.134. The zero-order chi connectivity index (χ0) is 19.6. The Morgan fingerprint density at radius 1 is 1.07 bits per heavy atom. The van der Waals surface area contributed by atoms with Crippen LogP contribution in [0.3, 0.4) is 0 Å². The van der Waals surface area contributed by atoms with Gasteiger partial charge in [-0.15, -0.1) is 0 Å². The molecule has 0 saturated carbocycles. The maximum absolute atomic E-state index is 12.1. The van der Waals surface area contributed by atoms with Gasteiger partial charge in [0.25, 0.3) is 0 Å². The summed E-state index contributed by atoms with van der Waals surface area (Å²) < 4.78 is 5.45. The van der Waals surface area contributed by atoms with Gasteiger partial charge in [0.2, 0.25) is 0 Å². The monoisotopic (exact) mass is 432 g/mol. The number of hydrogen-bond acceptors (Lipinski definition) is 4. The highest BCUT2D eigenvalue weighted by Crippen LogP contribution is 2.22. The first-order chi connectivity index (χ1) is 13.0. The summed E-state index contributed by atoms with van der Waals surface area (Å²) in [4.78, 5) is 20.8. The standard InChI is InChI=1S/C22H29BrN2O2/c1-4-6-7-8-9-17-14-24-21(25-15-17)18-10-12-19(13-11-18)27-22(26)20(23)16(3)5-2/h10-16,20H,4-9H2,1-3H3. The molecule has 0 fully saturated rings. The third kappa shape index (κ3) is 6.73. The molecule has 0 aliphatic heterocycles. The van der Waals surface area contributed by atoms with Crippen LogP contribution in [-0.2, 0) is 11.2 Å². The van der Waals surface area contributed by atoms with Crippen LogP contribution in [-0.4, -0.2) is 20.8 Å². The largest absolute Gasteiger partial charge is 0.426 e. The van der Waals surface area contributed by atoms with Crippen molar-refractivity contribution < 1.29 is 9.53 Å². The molecule has 27 heavy (non-hydrogen) atoms. The molecule has 0 saturated heterocycles. The molecule has 0 aliphatic carbocycles. The summed E-state index contributed by atoms with van der Waals surface area (Å²) in [5.41, 5.74) is 2.08. The van der Waals surface area contributed by atoms with Crippen molar-refractivity contribution >= 4 is 21.9 Å². The summed E-state index contributed by atoms with van der Waals surface area (Å²) in [6.45, 7) is 6.29. The van der Waals surface area contributed by atoms with Crippen LogP contribution in [0.15, 0.2) is 36.7 Å². The van der Waals surface area contributed by atoms with Crippen LogP contribution >= 0.6 is 15.9 Å². The van der Waals surface area contributed by atoms with E-state index in [1.54, 1.807) is 12.1 Å². The molecule has 4 nitrogen and oxygen atoms in total. The first-order valence-corrected chi connectivity index (χ1v) is 10.7. The van der Waals surface area contributed by atoms with Gasteiger partial charge in [0, 0.05) is 18.0 Å². The quantitative estimate of drug-likeness (QED) is 0.200. The van der Waals surface area contributed by atoms with Gasteiger partial charge < -0.3 is 4.74 Å². The maximum Gasteiger partial charge on any atom is 0.325 e. The average molecular weight is 433 g/mol. The molecule has 1 heterocycles. The lowest BCUT2D eigenvalue weighted by Crippen LogP contribution is -2.26. The fraction of sp³-hybridized carbons (Fsp3) is 0.500. The van der Waals surface area contributed by atoms with Gasteiger partial charge in [0.15, 0.2) is 5.82 Å². The van der Waals surface area contributed by atoms with Gasteiger partial charge in [-0.05, 0) is 48.6 Å². The zero-order valence-electron chi connectivity index (χ0n) is 16.5. The van der Waals surface area contributed by atoms with Gasteiger partial charge in [-0.2, -0.15) is 0 Å². The van der Waals surface area contributed by atoms with E-state index in [4.69, 9.17) is 4.74 Å². The Kier molecular flexibility index (Phi) is 8.92. The van der Waals surface area contributed by atoms with Gasteiger partial charge in [-0.25, -0.2) is 9.97 Å². The number of rotatable bonds is 10. The summed E-state index contributed by atoms with van der Waals surface area (Å²) in [6.07, 6.45) is 10.7. The highest BCUT2D eigenvalue weighted by molar-refractivity contribution is 9.10. The second-order valence-electron chi connectivity index (χ2n) is 6.96. The predicted molar refractivity (Wildman–Crippen MR) is 113 cm³/mol. The molecule has 146 valence electrons. The zero-order valence-corrected chi connectivity index (χ0v) is 18.0. The van der Waals surface area contributed by atoms with Gasteiger partial charge in [0.05, 0.1) is 0 Å². The number of ether oxygens (including phenoxy) is 1. The second kappa shape index (κ2) is 11.2. The van der Waals surface area contributed by atoms with E-state index in [0.717, 1.165) is 18.4 Å². The summed E-state index contributed by atoms with van der Waals surface area (Å²) in [7, 11) is 0. The van der Waals surface area contributed by atoms with E-state index in [-0.39, 0.29) is 16.7 Å². The Bertz CT molecular complexity index is 701. The summed E-state index contributed by atoms with van der Waals surface area (Å²) in [5, 5.41) is 0. The van der Waals surface area contributed by atoms with E-state index < -0.39 is 0 Å². The van der Waals surface area contributed by atoms with E-state index in [0.29, 0.717) is 11.6 Å². The minimum atomic E-state index is -0.296. The van der Waals surface area contributed by atoms with Gasteiger partial charge in [-0.1, -0.05) is 62.4 Å². The van der Waals surface area contributed by atoms with Crippen molar-refractivity contribution in [3.8, 4) is 17.1 Å². The molecule has 2 atom stereocenters. The van der Waals surface area contributed by atoms with Crippen molar-refractivity contribution in [2.24, 2.45) is 5.92 Å². The minimum absolute atomic E-state index is 0.227. The number of aromatic nitrogens is 2. The first-order valence-electron chi connectivity index (χ1n) is 9.82. The Morgan fingerprint density at radius 2 is 1.74 bits per heavy atom. The number of alkyl halides is 1. The molecule has 5 heteroatoms. The van der Waals surface area contributed by atoms with Gasteiger partial charge in [-0.3, -0.25) is 4.79 Å². The molecular weight excluding hydrogens is 404 g/mol. The lowest BCUT2D eigenvalue weighted by Gasteiger charge is -2.15. The van der Waals surface area contributed by atoms with E-state index in [9.17, 15) is 4.79 Å². The highest BCUT2D eigenvalue weighted by atomic mass is 79.9. The Balaban J connectivity index is 1.93. The van der Waals surface area contributed by atoms with Crippen LogP contribution in [0.2, 0.25) is 0 Å². The molecule has 0 amide bonds. The van der Waals surface area contributed by atoms with Crippen molar-refractivity contribution in [3.63, 3.8) is 0 Å². The second-order valence-corrected chi connectivity index (χ2v) is 7.94. The van der Waals surface area contributed by atoms with Gasteiger partial charge in [0.1, 0.15) is 10.6 Å².